The number of hydrogen-bond acceptors (Lipinski definition) is 16. The number of anilines is 8. The quantitative estimate of drug-likeness (QED) is 0.0174. The summed E-state index contributed by atoms with van der Waals surface area (Å²) in [4.78, 5) is 45.9. The van der Waals surface area contributed by atoms with Crippen molar-refractivity contribution in [1.82, 2.24) is 43.9 Å². The van der Waals surface area contributed by atoms with Crippen molar-refractivity contribution < 1.29 is 19.0 Å². The van der Waals surface area contributed by atoms with Crippen LogP contribution in [0.4, 0.5) is 46.0 Å². The maximum Gasteiger partial charge on any atom is 0.247 e. The van der Waals surface area contributed by atoms with Crippen LogP contribution in [-0.2, 0) is 30.2 Å². The van der Waals surface area contributed by atoms with Gasteiger partial charge in [-0.05, 0) is 75.2 Å². The van der Waals surface area contributed by atoms with E-state index in [-0.39, 0.29) is 12.6 Å². The Kier molecular flexibility index (Phi) is 17.9. The average Bonchev–Trinajstić information content (AvgIpc) is 4.01. The minimum absolute atomic E-state index is 0.273. The number of methoxy groups -OCH3 is 2. The number of ether oxygens (including phenoxy) is 3. The first kappa shape index (κ1) is 55.0. The van der Waals surface area contributed by atoms with E-state index >= 15 is 0 Å². The molecule has 4 N–H and O–H groups in total. The summed E-state index contributed by atoms with van der Waals surface area (Å²) in [5.41, 5.74) is 9.91. The number of nitrogens with zero attached hydrogens (tertiary/aromatic N) is 11. The van der Waals surface area contributed by atoms with E-state index in [0.717, 1.165) is 69.8 Å². The summed E-state index contributed by atoms with van der Waals surface area (Å²) in [5.74, 6) is 1.42. The second kappa shape index (κ2) is 25.1. The van der Waals surface area contributed by atoms with Crippen LogP contribution in [0.5, 0.6) is 11.5 Å². The Hall–Kier alpha value is -8.23. The third-order valence-electron chi connectivity index (χ3n) is 13.3. The number of aryl methyl sites for hydroxylation is 2. The zero-order chi connectivity index (χ0) is 54.8. The predicted octanol–water partition coefficient (Wildman–Crippen LogP) is 9.79. The van der Waals surface area contributed by atoms with Crippen molar-refractivity contribution in [3.63, 3.8) is 0 Å². The highest BCUT2D eigenvalue weighted by Crippen LogP contribution is 2.40. The molecule has 8 rings (SSSR count). The van der Waals surface area contributed by atoms with Crippen LogP contribution in [-0.4, -0.2) is 138 Å². The van der Waals surface area contributed by atoms with Crippen LogP contribution in [0.15, 0.2) is 117 Å². The number of halogens is 1. The van der Waals surface area contributed by atoms with Gasteiger partial charge >= 0.3 is 0 Å². The van der Waals surface area contributed by atoms with Crippen molar-refractivity contribution in [3.05, 3.63) is 128 Å². The average molecular weight is 1060 g/mol. The lowest BCUT2D eigenvalue weighted by Gasteiger charge is -2.27. The van der Waals surface area contributed by atoms with Gasteiger partial charge in [0.2, 0.25) is 17.8 Å². The molecule has 0 aliphatic rings. The topological polar surface area (TPSA) is 180 Å². The zero-order valence-electron chi connectivity index (χ0n) is 45.3. The molecule has 0 radical (unpaired) electrons. The lowest BCUT2D eigenvalue weighted by molar-refractivity contribution is -0.111. The van der Waals surface area contributed by atoms with Crippen LogP contribution >= 0.6 is 11.6 Å². The number of amides is 1. The van der Waals surface area contributed by atoms with Crippen LogP contribution in [0.1, 0.15) is 12.6 Å². The van der Waals surface area contributed by atoms with Crippen LogP contribution in [0, 0.1) is 0 Å². The number of fused-ring (bicyclic) bond motifs is 2. The molecule has 8 aromatic rings. The molecule has 0 aliphatic heterocycles. The Morgan fingerprint density at radius 2 is 1.38 bits per heavy atom. The molecule has 20 heteroatoms. The van der Waals surface area contributed by atoms with Gasteiger partial charge in [0.25, 0.3) is 0 Å². The molecule has 3 aromatic carbocycles. The molecule has 402 valence electrons. The normalized spacial score (nSPS) is 11.3. The highest BCUT2D eigenvalue weighted by atomic mass is 35.5. The Labute approximate surface area is 455 Å². The number of nitrogens with one attached hydrogen (secondary N) is 4. The molecule has 0 saturated heterocycles. The van der Waals surface area contributed by atoms with E-state index in [9.17, 15) is 4.79 Å². The molecule has 0 saturated carbocycles. The first-order valence-corrected chi connectivity index (χ1v) is 25.6. The largest absolute Gasteiger partial charge is 0.494 e. The zero-order valence-corrected chi connectivity index (χ0v) is 46.1. The van der Waals surface area contributed by atoms with Crippen LogP contribution in [0.3, 0.4) is 0 Å². The molecule has 0 unspecified atom stereocenters. The Bertz CT molecular complexity index is 3400. The smallest absolute Gasteiger partial charge is 0.247 e. The Balaban J connectivity index is 1.05. The van der Waals surface area contributed by atoms with Crippen LogP contribution in [0.2, 0.25) is 5.02 Å². The molecule has 0 bridgehead atoms. The van der Waals surface area contributed by atoms with Crippen molar-refractivity contribution >= 4 is 85.5 Å². The number of benzene rings is 3. The van der Waals surface area contributed by atoms with E-state index in [1.165, 1.54) is 6.08 Å². The minimum atomic E-state index is -0.374. The van der Waals surface area contributed by atoms with Gasteiger partial charge in [0, 0.05) is 119 Å². The van der Waals surface area contributed by atoms with E-state index in [0.29, 0.717) is 88.8 Å². The summed E-state index contributed by atoms with van der Waals surface area (Å²) in [6.07, 6.45) is 10.4. The van der Waals surface area contributed by atoms with Gasteiger partial charge in [-0.1, -0.05) is 37.2 Å². The van der Waals surface area contributed by atoms with Gasteiger partial charge in [0.1, 0.15) is 23.9 Å². The summed E-state index contributed by atoms with van der Waals surface area (Å²) in [6, 6.07) is 21.9. The molecule has 0 atom stereocenters. The molecule has 0 fully saturated rings. The third-order valence-corrected chi connectivity index (χ3v) is 13.6. The Morgan fingerprint density at radius 3 is 2.08 bits per heavy atom. The summed E-state index contributed by atoms with van der Waals surface area (Å²) in [5, 5.41) is 15.7. The highest BCUT2D eigenvalue weighted by Gasteiger charge is 2.21. The number of rotatable bonds is 26. The van der Waals surface area contributed by atoms with Gasteiger partial charge in [-0.15, -0.1) is 6.58 Å². The number of carbonyl (C=O) groups is 1. The van der Waals surface area contributed by atoms with Crippen molar-refractivity contribution in [2.75, 3.05) is 120 Å². The molecular weight excluding hydrogens is 994 g/mol. The van der Waals surface area contributed by atoms with E-state index in [4.69, 9.17) is 45.7 Å². The minimum Gasteiger partial charge on any atom is -0.494 e. The van der Waals surface area contributed by atoms with Gasteiger partial charge in [-0.25, -0.2) is 24.9 Å². The number of aromatic nitrogens is 7. The fourth-order valence-electron chi connectivity index (χ4n) is 8.77. The first-order valence-electron chi connectivity index (χ1n) is 25.2. The van der Waals surface area contributed by atoms with E-state index in [2.05, 4.69) is 90.7 Å². The molecule has 19 nitrogen and oxygen atoms in total. The van der Waals surface area contributed by atoms with E-state index in [1.54, 1.807) is 32.6 Å². The summed E-state index contributed by atoms with van der Waals surface area (Å²) in [6.45, 7) is 14.6. The molecule has 1 amide bonds. The van der Waals surface area contributed by atoms with Crippen LogP contribution in [0.25, 0.3) is 44.5 Å². The lowest BCUT2D eigenvalue weighted by atomic mass is 10.1. The number of likely N-dealkylation sites (N-methyl/N-ethyl adjacent to an activating group) is 4. The highest BCUT2D eigenvalue weighted by molar-refractivity contribution is 6.33. The fourth-order valence-corrected chi connectivity index (χ4v) is 8.97. The summed E-state index contributed by atoms with van der Waals surface area (Å²) < 4.78 is 21.8. The third kappa shape index (κ3) is 13.2. The molecule has 0 aliphatic carbocycles. The SMILES string of the molecule is C=CCOCNc1cc(Nc2nc(CN(C)CCN(C)c3cc(OC)c(Nc4ncc(Cl)c(-c5ccc6c(ccn6C)c5)n4)cc3NC(=O)C=C)cc(-c3cnc4c(ccn4C)c3)n2)c(OC)cc1N(C)CCN(C)CC. The number of hydrogen-bond donors (Lipinski definition) is 4. The van der Waals surface area contributed by atoms with Crippen molar-refractivity contribution in [2.45, 2.75) is 13.5 Å². The second-order valence-corrected chi connectivity index (χ2v) is 19.2. The van der Waals surface area contributed by atoms with Gasteiger partial charge in [0.05, 0.1) is 83.3 Å². The number of carbonyl (C=O) groups excluding carboxylic acids is 1. The first-order chi connectivity index (χ1) is 37.2. The maximum atomic E-state index is 12.9. The van der Waals surface area contributed by atoms with Crippen molar-refractivity contribution in [2.24, 2.45) is 14.1 Å². The van der Waals surface area contributed by atoms with Crippen molar-refractivity contribution in [3.8, 4) is 34.0 Å². The van der Waals surface area contributed by atoms with Crippen molar-refractivity contribution in [1.29, 1.82) is 0 Å². The molecule has 5 aromatic heterocycles. The fraction of sp³-hybridized carbons (Fsp3) is 0.298. The molecule has 0 spiro atoms. The van der Waals surface area contributed by atoms with Gasteiger partial charge < -0.3 is 59.3 Å². The van der Waals surface area contributed by atoms with Gasteiger partial charge in [0.15, 0.2) is 0 Å². The van der Waals surface area contributed by atoms with Gasteiger partial charge in [-0.2, -0.15) is 0 Å². The summed E-state index contributed by atoms with van der Waals surface area (Å²) in [7, 11) is 15.4. The molecule has 77 heavy (non-hydrogen) atoms. The maximum absolute atomic E-state index is 12.9. The Morgan fingerprint density at radius 1 is 0.714 bits per heavy atom. The van der Waals surface area contributed by atoms with Crippen LogP contribution < -0.4 is 40.5 Å². The van der Waals surface area contributed by atoms with E-state index < -0.39 is 0 Å². The number of pyridine rings is 1. The second-order valence-electron chi connectivity index (χ2n) is 18.8. The standard InChI is InChI=1S/C57H68ClN15O4/c1-12-25-77-36-61-44-29-46(51(75-10)31-49(44)71(7)23-21-68(4)14-3)66-57-62-41(28-43(64-57)40-27-39-18-20-73(9)55(39)59-33-40)35-69(5)22-24-72(8)50-32-52(76-11)47(30-45(50)63-53(74)13-2)65-56-60-34-42(58)54(67-56)38-15-16-48-37(26-38)17-19-70(48)6/h12-13,15-20,26-34,61H,1-2,14,21-25,35-36H2,3-11H3,(H,63,74)(H,60,65,67)(H,62,64,66). The molecule has 5 heterocycles. The van der Waals surface area contributed by atoms with E-state index in [1.807, 2.05) is 106 Å². The monoisotopic (exact) mass is 1060 g/mol. The predicted molar refractivity (Wildman–Crippen MR) is 313 cm³/mol. The lowest BCUT2D eigenvalue weighted by Crippen LogP contribution is -2.31. The molecular formula is C57H68ClN15O4. The van der Waals surface area contributed by atoms with Gasteiger partial charge in [-0.3, -0.25) is 9.69 Å². The summed E-state index contributed by atoms with van der Waals surface area (Å²) >= 11 is 6.68.